The van der Waals surface area contributed by atoms with Gasteiger partial charge in [-0.2, -0.15) is 0 Å². The van der Waals surface area contributed by atoms with Crippen LogP contribution in [0.25, 0.3) is 0 Å². The second-order valence-electron chi connectivity index (χ2n) is 6.75. The van der Waals surface area contributed by atoms with Gasteiger partial charge >= 0.3 is 0 Å². The Balaban J connectivity index is 4.81. The number of nitrogens with zero attached hydrogens (tertiary/aromatic N) is 1. The first-order valence-corrected chi connectivity index (χ1v) is 9.33. The first kappa shape index (κ1) is 23.1. The minimum absolute atomic E-state index is 0.0446. The van der Waals surface area contributed by atoms with Crippen molar-refractivity contribution in [3.8, 4) is 0 Å². The van der Waals surface area contributed by atoms with Crippen molar-refractivity contribution < 1.29 is 9.53 Å². The zero-order valence-electron chi connectivity index (χ0n) is 16.7. The molecule has 0 saturated heterocycles. The first-order chi connectivity index (χ1) is 11.4. The Morgan fingerprint density at radius 2 is 1.92 bits per heavy atom. The van der Waals surface area contributed by atoms with E-state index in [1.54, 1.807) is 0 Å². The number of carbonyl (C=O) groups excluding carboxylic acids is 1. The minimum Gasteiger partial charge on any atom is -0.367 e. The first-order valence-electron chi connectivity index (χ1n) is 9.33. The van der Waals surface area contributed by atoms with Crippen LogP contribution in [0.5, 0.6) is 0 Å². The van der Waals surface area contributed by atoms with Crippen LogP contribution >= 0.6 is 0 Å². The van der Waals surface area contributed by atoms with E-state index in [0.29, 0.717) is 6.61 Å². The Hall–Kier alpha value is -0.910. The Bertz CT molecular complexity index is 381. The molecule has 0 aliphatic rings. The number of amides is 1. The normalized spacial score (nSPS) is 15.3. The molecule has 142 valence electrons. The summed E-state index contributed by atoms with van der Waals surface area (Å²) < 4.78 is 5.99. The molecule has 0 aliphatic carbocycles. The average molecular weight is 342 g/mol. The molecule has 5 heteroatoms. The van der Waals surface area contributed by atoms with Gasteiger partial charge in [0.15, 0.2) is 6.10 Å². The van der Waals surface area contributed by atoms with Gasteiger partial charge in [-0.05, 0) is 52.3 Å². The van der Waals surface area contributed by atoms with Crippen molar-refractivity contribution in [1.29, 1.82) is 0 Å². The van der Waals surface area contributed by atoms with Crippen LogP contribution in [0.15, 0.2) is 11.1 Å². The van der Waals surface area contributed by atoms with Gasteiger partial charge in [-0.1, -0.05) is 32.8 Å². The van der Waals surface area contributed by atoms with Gasteiger partial charge in [0.05, 0.1) is 6.61 Å². The van der Waals surface area contributed by atoms with Crippen molar-refractivity contribution in [2.24, 2.45) is 5.73 Å². The maximum atomic E-state index is 11.9. The van der Waals surface area contributed by atoms with Crippen LogP contribution in [-0.4, -0.2) is 56.7 Å². The lowest BCUT2D eigenvalue weighted by Crippen LogP contribution is -2.49. The molecule has 0 aromatic carbocycles. The molecule has 2 atom stereocenters. The van der Waals surface area contributed by atoms with Crippen molar-refractivity contribution in [1.82, 2.24) is 10.2 Å². The van der Waals surface area contributed by atoms with Crippen LogP contribution in [0.2, 0.25) is 0 Å². The topological polar surface area (TPSA) is 67.6 Å². The van der Waals surface area contributed by atoms with Crippen LogP contribution in [0.3, 0.4) is 0 Å². The molecule has 0 aromatic rings. The summed E-state index contributed by atoms with van der Waals surface area (Å²) >= 11 is 0. The van der Waals surface area contributed by atoms with Gasteiger partial charge in [-0.15, -0.1) is 0 Å². The Kier molecular flexibility index (Phi) is 12.9. The third-order valence-electron chi connectivity index (χ3n) is 4.45. The number of hydrogen-bond acceptors (Lipinski definition) is 4. The van der Waals surface area contributed by atoms with E-state index < -0.39 is 6.10 Å². The Labute approximate surface area is 149 Å². The van der Waals surface area contributed by atoms with Gasteiger partial charge in [0.2, 0.25) is 5.91 Å². The highest BCUT2D eigenvalue weighted by molar-refractivity contribution is 5.79. The average Bonchev–Trinajstić information content (AvgIpc) is 2.54. The van der Waals surface area contributed by atoms with E-state index >= 15 is 0 Å². The predicted molar refractivity (Wildman–Crippen MR) is 102 cm³/mol. The fraction of sp³-hybridized carbons (Fsp3) is 0.842. The van der Waals surface area contributed by atoms with Gasteiger partial charge < -0.3 is 20.7 Å². The molecule has 5 nitrogen and oxygen atoms in total. The fourth-order valence-electron chi connectivity index (χ4n) is 2.57. The summed E-state index contributed by atoms with van der Waals surface area (Å²) in [6.07, 6.45) is 4.58. The van der Waals surface area contributed by atoms with Crippen molar-refractivity contribution in [2.45, 2.75) is 71.9 Å². The Morgan fingerprint density at radius 1 is 1.25 bits per heavy atom. The fourth-order valence-corrected chi connectivity index (χ4v) is 2.57. The van der Waals surface area contributed by atoms with Crippen LogP contribution < -0.4 is 11.1 Å². The molecule has 1 amide bonds. The summed E-state index contributed by atoms with van der Waals surface area (Å²) in [5, 5.41) is 3.41. The number of carbonyl (C=O) groups is 1. The highest BCUT2D eigenvalue weighted by atomic mass is 16.5. The van der Waals surface area contributed by atoms with Gasteiger partial charge in [-0.3, -0.25) is 4.79 Å². The van der Waals surface area contributed by atoms with Crippen LogP contribution in [0, 0.1) is 0 Å². The summed E-state index contributed by atoms with van der Waals surface area (Å²) in [6.45, 7) is 10.8. The molecule has 0 heterocycles. The van der Waals surface area contributed by atoms with E-state index in [-0.39, 0.29) is 11.9 Å². The SMILES string of the molecule is CCCC/C(COC(C(N)=O)C(CC)NCCN(C)C)=C(/C)CC. The lowest BCUT2D eigenvalue weighted by Gasteiger charge is -2.26. The highest BCUT2D eigenvalue weighted by Crippen LogP contribution is 2.17. The quantitative estimate of drug-likeness (QED) is 0.477. The lowest BCUT2D eigenvalue weighted by atomic mass is 10.0. The third-order valence-corrected chi connectivity index (χ3v) is 4.45. The molecular formula is C19H39N3O2. The van der Waals surface area contributed by atoms with Crippen molar-refractivity contribution in [2.75, 3.05) is 33.8 Å². The number of nitrogens with one attached hydrogen (secondary N) is 1. The van der Waals surface area contributed by atoms with E-state index in [4.69, 9.17) is 10.5 Å². The van der Waals surface area contributed by atoms with E-state index in [1.165, 1.54) is 11.1 Å². The van der Waals surface area contributed by atoms with Gasteiger partial charge in [0, 0.05) is 19.1 Å². The van der Waals surface area contributed by atoms with Gasteiger partial charge in [0.1, 0.15) is 0 Å². The number of ether oxygens (including phenoxy) is 1. The summed E-state index contributed by atoms with van der Waals surface area (Å²) in [6, 6.07) is -0.0446. The predicted octanol–water partition coefficient (Wildman–Crippen LogP) is 2.70. The molecule has 0 saturated carbocycles. The molecule has 0 bridgehead atoms. The zero-order chi connectivity index (χ0) is 18.5. The molecule has 0 spiro atoms. The summed E-state index contributed by atoms with van der Waals surface area (Å²) in [7, 11) is 4.06. The minimum atomic E-state index is -0.585. The zero-order valence-corrected chi connectivity index (χ0v) is 16.7. The molecule has 2 unspecified atom stereocenters. The molecule has 0 radical (unpaired) electrons. The van der Waals surface area contributed by atoms with Crippen LogP contribution in [0.4, 0.5) is 0 Å². The number of allylic oxidation sites excluding steroid dienone is 1. The van der Waals surface area contributed by atoms with E-state index in [0.717, 1.165) is 45.2 Å². The highest BCUT2D eigenvalue weighted by Gasteiger charge is 2.26. The van der Waals surface area contributed by atoms with Crippen molar-refractivity contribution >= 4 is 5.91 Å². The number of primary amides is 1. The number of rotatable bonds is 14. The van der Waals surface area contributed by atoms with Gasteiger partial charge in [0.25, 0.3) is 0 Å². The Morgan fingerprint density at radius 3 is 2.38 bits per heavy atom. The number of nitrogens with two attached hydrogens (primary N) is 1. The monoisotopic (exact) mass is 341 g/mol. The summed E-state index contributed by atoms with van der Waals surface area (Å²) in [5.41, 5.74) is 8.28. The van der Waals surface area contributed by atoms with Crippen molar-refractivity contribution in [3.05, 3.63) is 11.1 Å². The molecule has 24 heavy (non-hydrogen) atoms. The molecular weight excluding hydrogens is 302 g/mol. The van der Waals surface area contributed by atoms with E-state index in [1.807, 2.05) is 14.1 Å². The number of unbranched alkanes of at least 4 members (excludes halogenated alkanes) is 1. The second-order valence-corrected chi connectivity index (χ2v) is 6.75. The lowest BCUT2D eigenvalue weighted by molar-refractivity contribution is -0.130. The van der Waals surface area contributed by atoms with E-state index in [2.05, 4.69) is 37.9 Å². The smallest absolute Gasteiger partial charge is 0.248 e. The maximum absolute atomic E-state index is 11.9. The largest absolute Gasteiger partial charge is 0.367 e. The standard InChI is InChI=1S/C19H39N3O2/c1-7-10-11-16(15(4)8-2)14-24-18(19(20)23)17(9-3)21-12-13-22(5)6/h17-18,21H,7-14H2,1-6H3,(H2,20,23)/b16-15+. The van der Waals surface area contributed by atoms with Crippen LogP contribution in [0.1, 0.15) is 59.8 Å². The molecule has 0 fully saturated rings. The second kappa shape index (κ2) is 13.4. The number of likely N-dealkylation sites (N-methyl/N-ethyl adjacent to an activating group) is 1. The third kappa shape index (κ3) is 9.40. The summed E-state index contributed by atoms with van der Waals surface area (Å²) in [5.74, 6) is -0.386. The molecule has 0 rings (SSSR count). The van der Waals surface area contributed by atoms with Crippen molar-refractivity contribution in [3.63, 3.8) is 0 Å². The molecule has 0 aliphatic heterocycles. The molecule has 3 N–H and O–H groups in total. The maximum Gasteiger partial charge on any atom is 0.248 e. The number of hydrogen-bond donors (Lipinski definition) is 2. The van der Waals surface area contributed by atoms with E-state index in [9.17, 15) is 4.79 Å². The molecule has 0 aromatic heterocycles. The van der Waals surface area contributed by atoms with Crippen LogP contribution in [-0.2, 0) is 9.53 Å². The van der Waals surface area contributed by atoms with Gasteiger partial charge in [-0.25, -0.2) is 0 Å². The summed E-state index contributed by atoms with van der Waals surface area (Å²) in [4.78, 5) is 14.0.